The first-order chi connectivity index (χ1) is 12.6. The van der Waals surface area contributed by atoms with Gasteiger partial charge in [0.2, 0.25) is 0 Å². The van der Waals surface area contributed by atoms with E-state index in [0.29, 0.717) is 18.0 Å². The molecule has 0 unspecified atom stereocenters. The number of thiophene rings is 1. The Kier molecular flexibility index (Phi) is 5.73. The highest BCUT2D eigenvalue weighted by molar-refractivity contribution is 7.12. The molecule has 0 radical (unpaired) electrons. The number of carbonyl (C=O) groups is 1. The molecule has 0 aliphatic rings. The van der Waals surface area contributed by atoms with Gasteiger partial charge in [-0.1, -0.05) is 17.7 Å². The summed E-state index contributed by atoms with van der Waals surface area (Å²) in [7, 11) is 0. The quantitative estimate of drug-likeness (QED) is 0.682. The highest BCUT2D eigenvalue weighted by Crippen LogP contribution is 2.18. The van der Waals surface area contributed by atoms with Crippen molar-refractivity contribution in [2.75, 3.05) is 0 Å². The lowest BCUT2D eigenvalue weighted by Crippen LogP contribution is -2.22. The van der Waals surface area contributed by atoms with Gasteiger partial charge >= 0.3 is 0 Å². The third-order valence-electron chi connectivity index (χ3n) is 4.25. The average molecular weight is 369 g/mol. The Hall–Kier alpha value is -2.60. The number of aryl methyl sites for hydroxylation is 2. The predicted octanol–water partition coefficient (Wildman–Crippen LogP) is 4.09. The number of carbonyl (C=O) groups excluding carboxylic acids is 1. The van der Waals surface area contributed by atoms with E-state index in [9.17, 15) is 4.79 Å². The second-order valence-corrected chi connectivity index (χ2v) is 7.09. The molecule has 0 fully saturated rings. The van der Waals surface area contributed by atoms with Crippen molar-refractivity contribution in [3.05, 3.63) is 69.2 Å². The summed E-state index contributed by atoms with van der Waals surface area (Å²) >= 11 is 1.43. The zero-order valence-corrected chi connectivity index (χ0v) is 16.1. The lowest BCUT2D eigenvalue weighted by molar-refractivity contribution is 0.0955. The molecule has 6 heteroatoms. The number of rotatable bonds is 7. The number of hydrogen-bond donors (Lipinski definition) is 1. The first-order valence-corrected chi connectivity index (χ1v) is 9.51. The number of ether oxygens (including phenoxy) is 1. The van der Waals surface area contributed by atoms with E-state index in [0.717, 1.165) is 29.1 Å². The van der Waals surface area contributed by atoms with Crippen LogP contribution >= 0.6 is 11.3 Å². The summed E-state index contributed by atoms with van der Waals surface area (Å²) in [5.74, 6) is 0.761. The summed E-state index contributed by atoms with van der Waals surface area (Å²) in [5, 5.41) is 9.22. The van der Waals surface area contributed by atoms with Crippen molar-refractivity contribution in [2.24, 2.45) is 0 Å². The molecule has 1 N–H and O–H groups in total. The Morgan fingerprint density at radius 2 is 2.04 bits per heavy atom. The zero-order chi connectivity index (χ0) is 18.5. The minimum Gasteiger partial charge on any atom is -0.489 e. The van der Waals surface area contributed by atoms with E-state index < -0.39 is 0 Å². The van der Waals surface area contributed by atoms with E-state index >= 15 is 0 Å². The van der Waals surface area contributed by atoms with E-state index in [-0.39, 0.29) is 5.91 Å². The lowest BCUT2D eigenvalue weighted by Gasteiger charge is -2.05. The van der Waals surface area contributed by atoms with Crippen LogP contribution in [-0.2, 0) is 19.7 Å². The van der Waals surface area contributed by atoms with Gasteiger partial charge in [-0.2, -0.15) is 5.10 Å². The summed E-state index contributed by atoms with van der Waals surface area (Å²) in [4.78, 5) is 13.0. The summed E-state index contributed by atoms with van der Waals surface area (Å²) in [5.41, 5.74) is 4.33. The molecule has 3 rings (SSSR count). The Bertz CT molecular complexity index is 881. The van der Waals surface area contributed by atoms with Crippen LogP contribution < -0.4 is 10.1 Å². The monoisotopic (exact) mass is 369 g/mol. The van der Waals surface area contributed by atoms with E-state index in [4.69, 9.17) is 4.74 Å². The van der Waals surface area contributed by atoms with Crippen molar-refractivity contribution >= 4 is 17.2 Å². The topological polar surface area (TPSA) is 56.2 Å². The van der Waals surface area contributed by atoms with Crippen molar-refractivity contribution < 1.29 is 9.53 Å². The molecule has 1 amide bonds. The molecule has 0 saturated heterocycles. The molecule has 0 saturated carbocycles. The van der Waals surface area contributed by atoms with Gasteiger partial charge in [-0.25, -0.2) is 0 Å². The van der Waals surface area contributed by atoms with Crippen molar-refractivity contribution in [1.29, 1.82) is 0 Å². The number of hydrogen-bond acceptors (Lipinski definition) is 4. The van der Waals surface area contributed by atoms with Gasteiger partial charge in [0.1, 0.15) is 12.4 Å². The highest BCUT2D eigenvalue weighted by Gasteiger charge is 2.11. The predicted molar refractivity (Wildman–Crippen MR) is 104 cm³/mol. The van der Waals surface area contributed by atoms with Crippen LogP contribution in [0.4, 0.5) is 0 Å². The molecular formula is C20H23N3O2S. The molecule has 0 aliphatic carbocycles. The van der Waals surface area contributed by atoms with Gasteiger partial charge in [-0.15, -0.1) is 11.3 Å². The van der Waals surface area contributed by atoms with E-state index in [1.165, 1.54) is 16.9 Å². The second-order valence-electron chi connectivity index (χ2n) is 6.17. The number of nitrogens with zero attached hydrogens (tertiary/aromatic N) is 2. The standard InChI is InChI=1S/C20H23N3O2S/c1-4-23-15(3)17(11-22-23)10-21-20(24)19-9-16(13-26-19)12-25-18-7-5-14(2)6-8-18/h5-9,11,13H,4,10,12H2,1-3H3,(H,21,24). The lowest BCUT2D eigenvalue weighted by atomic mass is 10.2. The fourth-order valence-corrected chi connectivity index (χ4v) is 3.42. The van der Waals surface area contributed by atoms with Crippen LogP contribution in [0.3, 0.4) is 0 Å². The van der Waals surface area contributed by atoms with Crippen LogP contribution in [0.15, 0.2) is 41.9 Å². The molecule has 1 aromatic carbocycles. The first-order valence-electron chi connectivity index (χ1n) is 8.63. The summed E-state index contributed by atoms with van der Waals surface area (Å²) in [6.45, 7) is 7.88. The maximum absolute atomic E-state index is 12.4. The van der Waals surface area contributed by atoms with Crippen molar-refractivity contribution in [3.63, 3.8) is 0 Å². The van der Waals surface area contributed by atoms with Crippen LogP contribution in [0, 0.1) is 13.8 Å². The third-order valence-corrected chi connectivity index (χ3v) is 5.23. The molecule has 136 valence electrons. The van der Waals surface area contributed by atoms with Crippen molar-refractivity contribution in [3.8, 4) is 5.75 Å². The molecule has 0 bridgehead atoms. The van der Waals surface area contributed by atoms with Crippen molar-refractivity contribution in [2.45, 2.75) is 40.5 Å². The molecular weight excluding hydrogens is 346 g/mol. The van der Waals surface area contributed by atoms with Crippen LogP contribution in [0.5, 0.6) is 5.75 Å². The fourth-order valence-electron chi connectivity index (χ4n) is 2.61. The van der Waals surface area contributed by atoms with Gasteiger partial charge in [-0.3, -0.25) is 9.48 Å². The van der Waals surface area contributed by atoms with Crippen LogP contribution in [0.2, 0.25) is 0 Å². The smallest absolute Gasteiger partial charge is 0.261 e. The summed E-state index contributed by atoms with van der Waals surface area (Å²) in [6, 6.07) is 9.83. The van der Waals surface area contributed by atoms with E-state index in [1.807, 2.05) is 67.4 Å². The molecule has 2 heterocycles. The maximum atomic E-state index is 12.4. The molecule has 26 heavy (non-hydrogen) atoms. The Balaban J connectivity index is 1.54. The first kappa shape index (κ1) is 18.2. The molecule has 5 nitrogen and oxygen atoms in total. The second kappa shape index (κ2) is 8.19. The number of amides is 1. The Morgan fingerprint density at radius 1 is 1.27 bits per heavy atom. The Morgan fingerprint density at radius 3 is 2.73 bits per heavy atom. The van der Waals surface area contributed by atoms with Crippen LogP contribution in [-0.4, -0.2) is 15.7 Å². The van der Waals surface area contributed by atoms with Gasteiger partial charge in [-0.05, 0) is 44.4 Å². The fraction of sp³-hybridized carbons (Fsp3) is 0.300. The van der Waals surface area contributed by atoms with E-state index in [1.54, 1.807) is 0 Å². The van der Waals surface area contributed by atoms with Gasteiger partial charge in [0.05, 0.1) is 11.1 Å². The Labute approximate surface area is 157 Å². The van der Waals surface area contributed by atoms with Crippen LogP contribution in [0.1, 0.15) is 39.0 Å². The maximum Gasteiger partial charge on any atom is 0.261 e. The highest BCUT2D eigenvalue weighted by atomic mass is 32.1. The normalized spacial score (nSPS) is 10.7. The third kappa shape index (κ3) is 4.32. The molecule has 3 aromatic rings. The number of nitrogens with one attached hydrogen (secondary N) is 1. The van der Waals surface area contributed by atoms with Gasteiger partial charge in [0, 0.05) is 29.9 Å². The van der Waals surface area contributed by atoms with Crippen LogP contribution in [0.25, 0.3) is 0 Å². The molecule has 2 aromatic heterocycles. The summed E-state index contributed by atoms with van der Waals surface area (Å²) < 4.78 is 7.69. The minimum atomic E-state index is -0.0692. The average Bonchev–Trinajstić information content (AvgIpc) is 3.26. The summed E-state index contributed by atoms with van der Waals surface area (Å²) in [6.07, 6.45) is 1.81. The largest absolute Gasteiger partial charge is 0.489 e. The minimum absolute atomic E-state index is 0.0692. The number of aromatic nitrogens is 2. The van der Waals surface area contributed by atoms with Gasteiger partial charge < -0.3 is 10.1 Å². The number of benzene rings is 1. The van der Waals surface area contributed by atoms with Crippen molar-refractivity contribution in [1.82, 2.24) is 15.1 Å². The van der Waals surface area contributed by atoms with E-state index in [2.05, 4.69) is 10.4 Å². The molecule has 0 atom stereocenters. The van der Waals surface area contributed by atoms with Gasteiger partial charge in [0.25, 0.3) is 5.91 Å². The zero-order valence-electron chi connectivity index (χ0n) is 15.3. The van der Waals surface area contributed by atoms with Gasteiger partial charge in [0.15, 0.2) is 0 Å². The SMILES string of the molecule is CCn1ncc(CNC(=O)c2cc(COc3ccc(C)cc3)cs2)c1C. The molecule has 0 aliphatic heterocycles. The molecule has 0 spiro atoms.